The highest BCUT2D eigenvalue weighted by molar-refractivity contribution is 5.11. The number of aliphatic hydroxyl groups excluding tert-OH is 4. The number of rotatable bonds is 6. The molecule has 5 unspecified atom stereocenters. The van der Waals surface area contributed by atoms with Gasteiger partial charge in [0.15, 0.2) is 0 Å². The maximum atomic E-state index is 11.4. The summed E-state index contributed by atoms with van der Waals surface area (Å²) in [4.78, 5) is 0. The SMILES string of the molecule is CC(CO)C(O)CC[C@@H](C)[C@H]1CC[C@H]2[C@@H]3C(O)CC4CC(O)CC[C@]4(C)[C@H]3CC[C@]12C. The van der Waals surface area contributed by atoms with E-state index in [9.17, 15) is 20.4 Å². The van der Waals surface area contributed by atoms with E-state index in [1.807, 2.05) is 6.92 Å². The second-order valence-corrected chi connectivity index (χ2v) is 12.7. The van der Waals surface area contributed by atoms with E-state index in [4.69, 9.17) is 0 Å². The largest absolute Gasteiger partial charge is 0.396 e. The van der Waals surface area contributed by atoms with E-state index in [0.29, 0.717) is 46.3 Å². The van der Waals surface area contributed by atoms with Gasteiger partial charge >= 0.3 is 0 Å². The van der Waals surface area contributed by atoms with E-state index in [0.717, 1.165) is 38.5 Å². The molecule has 0 heterocycles. The molecule has 0 spiro atoms. The second-order valence-electron chi connectivity index (χ2n) is 12.7. The first-order valence-corrected chi connectivity index (χ1v) is 13.3. The lowest BCUT2D eigenvalue weighted by Gasteiger charge is -2.62. The molecule has 4 rings (SSSR count). The van der Waals surface area contributed by atoms with Crippen LogP contribution in [0, 0.1) is 52.3 Å². The van der Waals surface area contributed by atoms with Crippen LogP contribution in [0.25, 0.3) is 0 Å². The molecule has 4 fully saturated rings. The Morgan fingerprint density at radius 2 is 1.55 bits per heavy atom. The standard InChI is InChI=1S/C27H48O4/c1-16(5-8-23(30)17(2)15-28)20-6-7-21-25-22(10-12-27(20,21)4)26(3)11-9-19(29)13-18(26)14-24(25)31/h16-25,28-31H,5-15H2,1-4H3/t16-,17?,18?,19?,20-,21+,22+,23?,24?,25+,26+,27-/m1/s1. The van der Waals surface area contributed by atoms with Gasteiger partial charge in [0.25, 0.3) is 0 Å². The molecule has 0 aromatic rings. The van der Waals surface area contributed by atoms with Crippen LogP contribution in [-0.4, -0.2) is 45.3 Å². The summed E-state index contributed by atoms with van der Waals surface area (Å²) in [6, 6.07) is 0. The summed E-state index contributed by atoms with van der Waals surface area (Å²) in [5, 5.41) is 41.3. The molecule has 4 aliphatic carbocycles. The molecule has 0 amide bonds. The van der Waals surface area contributed by atoms with Crippen molar-refractivity contribution in [3.05, 3.63) is 0 Å². The third-order valence-corrected chi connectivity index (χ3v) is 11.3. The van der Waals surface area contributed by atoms with Crippen molar-refractivity contribution in [3.8, 4) is 0 Å². The molecule has 0 aliphatic heterocycles. The molecule has 0 aromatic carbocycles. The van der Waals surface area contributed by atoms with Gasteiger partial charge in [0.05, 0.1) is 18.3 Å². The van der Waals surface area contributed by atoms with Gasteiger partial charge in [0.1, 0.15) is 0 Å². The topological polar surface area (TPSA) is 80.9 Å². The van der Waals surface area contributed by atoms with Crippen LogP contribution in [0.2, 0.25) is 0 Å². The molecule has 31 heavy (non-hydrogen) atoms. The quantitative estimate of drug-likeness (QED) is 0.498. The molecule has 180 valence electrons. The van der Waals surface area contributed by atoms with E-state index in [-0.39, 0.29) is 24.7 Å². The lowest BCUT2D eigenvalue weighted by Crippen LogP contribution is -2.58. The van der Waals surface area contributed by atoms with E-state index in [2.05, 4.69) is 20.8 Å². The number of fused-ring (bicyclic) bond motifs is 5. The van der Waals surface area contributed by atoms with E-state index in [1.54, 1.807) is 0 Å². The van der Waals surface area contributed by atoms with Crippen molar-refractivity contribution in [1.82, 2.24) is 0 Å². The van der Waals surface area contributed by atoms with Crippen LogP contribution >= 0.6 is 0 Å². The minimum atomic E-state index is -0.410. The van der Waals surface area contributed by atoms with Crippen LogP contribution in [0.1, 0.15) is 91.9 Å². The highest BCUT2D eigenvalue weighted by atomic mass is 16.3. The molecular formula is C27H48O4. The summed E-state index contributed by atoms with van der Waals surface area (Å²) in [5.74, 6) is 3.31. The van der Waals surface area contributed by atoms with Gasteiger partial charge in [0.2, 0.25) is 0 Å². The summed E-state index contributed by atoms with van der Waals surface area (Å²) < 4.78 is 0. The Labute approximate surface area is 189 Å². The van der Waals surface area contributed by atoms with Crippen LogP contribution in [0.5, 0.6) is 0 Å². The van der Waals surface area contributed by atoms with Gasteiger partial charge in [-0.3, -0.25) is 0 Å². The monoisotopic (exact) mass is 436 g/mol. The summed E-state index contributed by atoms with van der Waals surface area (Å²) in [5.41, 5.74) is 0.588. The first-order chi connectivity index (χ1) is 14.6. The zero-order valence-electron chi connectivity index (χ0n) is 20.3. The van der Waals surface area contributed by atoms with Gasteiger partial charge in [-0.05, 0) is 111 Å². The fourth-order valence-corrected chi connectivity index (χ4v) is 9.22. The summed E-state index contributed by atoms with van der Waals surface area (Å²) in [6.45, 7) is 9.34. The summed E-state index contributed by atoms with van der Waals surface area (Å²) >= 11 is 0. The number of hydrogen-bond acceptors (Lipinski definition) is 4. The lowest BCUT2D eigenvalue weighted by atomic mass is 9.43. The Bertz CT molecular complexity index is 624. The molecule has 0 saturated heterocycles. The Balaban J connectivity index is 1.48. The van der Waals surface area contributed by atoms with Gasteiger partial charge in [-0.2, -0.15) is 0 Å². The van der Waals surface area contributed by atoms with Crippen molar-refractivity contribution in [2.45, 2.75) is 110 Å². The van der Waals surface area contributed by atoms with Crippen LogP contribution in [0.4, 0.5) is 0 Å². The van der Waals surface area contributed by atoms with E-state index >= 15 is 0 Å². The minimum absolute atomic E-state index is 0.0466. The van der Waals surface area contributed by atoms with Crippen LogP contribution in [0.3, 0.4) is 0 Å². The molecule has 12 atom stereocenters. The Hall–Kier alpha value is -0.160. The summed E-state index contributed by atoms with van der Waals surface area (Å²) in [7, 11) is 0. The van der Waals surface area contributed by atoms with Crippen molar-refractivity contribution in [1.29, 1.82) is 0 Å². The van der Waals surface area contributed by atoms with Gasteiger partial charge in [-0.25, -0.2) is 0 Å². The average molecular weight is 437 g/mol. The molecule has 0 aromatic heterocycles. The maximum Gasteiger partial charge on any atom is 0.0587 e. The van der Waals surface area contributed by atoms with E-state index in [1.165, 1.54) is 25.7 Å². The molecule has 4 N–H and O–H groups in total. The predicted octanol–water partition coefficient (Wildman–Crippen LogP) is 4.38. The fourth-order valence-electron chi connectivity index (χ4n) is 9.22. The van der Waals surface area contributed by atoms with Gasteiger partial charge in [-0.15, -0.1) is 0 Å². The first kappa shape index (κ1) is 24.0. The zero-order chi connectivity index (χ0) is 22.6. The predicted molar refractivity (Wildman–Crippen MR) is 123 cm³/mol. The maximum absolute atomic E-state index is 11.4. The normalized spacial score (nSPS) is 50.1. The van der Waals surface area contributed by atoms with Crippen LogP contribution in [-0.2, 0) is 0 Å². The average Bonchev–Trinajstić information content (AvgIpc) is 3.09. The Kier molecular flexibility index (Phi) is 6.88. The highest BCUT2D eigenvalue weighted by Gasteiger charge is 2.62. The van der Waals surface area contributed by atoms with Gasteiger partial charge in [0, 0.05) is 12.5 Å². The van der Waals surface area contributed by atoms with Crippen molar-refractivity contribution < 1.29 is 20.4 Å². The number of aliphatic hydroxyl groups is 4. The Morgan fingerprint density at radius 1 is 0.871 bits per heavy atom. The molecule has 4 heteroatoms. The third kappa shape index (κ3) is 4.02. The zero-order valence-corrected chi connectivity index (χ0v) is 20.3. The minimum Gasteiger partial charge on any atom is -0.396 e. The lowest BCUT2D eigenvalue weighted by molar-refractivity contribution is -0.174. The first-order valence-electron chi connectivity index (χ1n) is 13.3. The van der Waals surface area contributed by atoms with Gasteiger partial charge < -0.3 is 20.4 Å². The van der Waals surface area contributed by atoms with E-state index < -0.39 is 6.10 Å². The molecule has 4 saturated carbocycles. The molecule has 4 nitrogen and oxygen atoms in total. The molecule has 0 bridgehead atoms. The van der Waals surface area contributed by atoms with Crippen LogP contribution in [0.15, 0.2) is 0 Å². The second kappa shape index (κ2) is 8.89. The smallest absolute Gasteiger partial charge is 0.0587 e. The highest BCUT2D eigenvalue weighted by Crippen LogP contribution is 2.68. The molecular weight excluding hydrogens is 388 g/mol. The number of hydrogen-bond donors (Lipinski definition) is 4. The molecule has 4 aliphatic rings. The fraction of sp³-hybridized carbons (Fsp3) is 1.00. The van der Waals surface area contributed by atoms with Crippen molar-refractivity contribution >= 4 is 0 Å². The van der Waals surface area contributed by atoms with Crippen molar-refractivity contribution in [2.75, 3.05) is 6.61 Å². The van der Waals surface area contributed by atoms with Crippen molar-refractivity contribution in [3.63, 3.8) is 0 Å². The molecule has 0 radical (unpaired) electrons. The van der Waals surface area contributed by atoms with Crippen LogP contribution < -0.4 is 0 Å². The Morgan fingerprint density at radius 3 is 2.26 bits per heavy atom. The third-order valence-electron chi connectivity index (χ3n) is 11.3. The van der Waals surface area contributed by atoms with Crippen molar-refractivity contribution in [2.24, 2.45) is 52.3 Å². The van der Waals surface area contributed by atoms with Gasteiger partial charge in [-0.1, -0.05) is 27.7 Å². The summed E-state index contributed by atoms with van der Waals surface area (Å²) in [6.07, 6.45) is 9.81.